The molecule has 0 radical (unpaired) electrons. The molecule has 0 amide bonds. The molecule has 0 unspecified atom stereocenters. The fraction of sp³-hybridized carbons (Fsp3) is 0.250. The third-order valence-electron chi connectivity index (χ3n) is 3.53. The van der Waals surface area contributed by atoms with Crippen LogP contribution >= 0.6 is 15.9 Å². The maximum Gasteiger partial charge on any atom is 0.270 e. The summed E-state index contributed by atoms with van der Waals surface area (Å²) in [5.74, 6) is -0.304. The standard InChI is InChI=1S/C16H16BrFN2O4S/c1-25(23,24)16-10-13(20(21)22)6-7-15(16)19-8-2-3-11-4-5-12(17)9-14(11)18/h4-7,9-10,19H,2-3,8H2,1H3. The second kappa shape index (κ2) is 7.92. The van der Waals surface area contributed by atoms with Crippen LogP contribution in [-0.4, -0.2) is 26.1 Å². The first-order valence-electron chi connectivity index (χ1n) is 7.35. The summed E-state index contributed by atoms with van der Waals surface area (Å²) >= 11 is 3.19. The lowest BCUT2D eigenvalue weighted by Gasteiger charge is -2.11. The van der Waals surface area contributed by atoms with Crippen molar-refractivity contribution in [1.82, 2.24) is 0 Å². The minimum absolute atomic E-state index is 0.128. The van der Waals surface area contributed by atoms with Crippen molar-refractivity contribution in [2.75, 3.05) is 18.1 Å². The molecule has 134 valence electrons. The zero-order valence-corrected chi connectivity index (χ0v) is 15.7. The van der Waals surface area contributed by atoms with E-state index in [4.69, 9.17) is 0 Å². The number of rotatable bonds is 7. The Balaban J connectivity index is 2.06. The van der Waals surface area contributed by atoms with Gasteiger partial charge < -0.3 is 5.32 Å². The number of hydrogen-bond acceptors (Lipinski definition) is 5. The van der Waals surface area contributed by atoms with Crippen LogP contribution in [0.25, 0.3) is 0 Å². The van der Waals surface area contributed by atoms with E-state index in [1.54, 1.807) is 12.1 Å². The van der Waals surface area contributed by atoms with Gasteiger partial charge in [-0.25, -0.2) is 12.8 Å². The van der Waals surface area contributed by atoms with Gasteiger partial charge in [0.1, 0.15) is 5.82 Å². The summed E-state index contributed by atoms with van der Waals surface area (Å²) in [6.07, 6.45) is 2.04. The summed E-state index contributed by atoms with van der Waals surface area (Å²) in [5.41, 5.74) is 0.573. The van der Waals surface area contributed by atoms with Gasteiger partial charge in [0.05, 0.1) is 15.5 Å². The Morgan fingerprint density at radius 1 is 1.24 bits per heavy atom. The topological polar surface area (TPSA) is 89.3 Å². The molecule has 0 fully saturated rings. The number of non-ortho nitro benzene ring substituents is 1. The fourth-order valence-corrected chi connectivity index (χ4v) is 3.51. The molecule has 0 saturated heterocycles. The minimum atomic E-state index is -3.62. The number of sulfone groups is 1. The quantitative estimate of drug-likeness (QED) is 0.408. The molecule has 2 aromatic carbocycles. The molecule has 9 heteroatoms. The van der Waals surface area contributed by atoms with Crippen molar-refractivity contribution in [3.63, 3.8) is 0 Å². The number of halogens is 2. The number of nitro groups is 1. The SMILES string of the molecule is CS(=O)(=O)c1cc([N+](=O)[O-])ccc1NCCCc1ccc(Br)cc1F. The van der Waals surface area contributed by atoms with Crippen molar-refractivity contribution in [2.45, 2.75) is 17.7 Å². The van der Waals surface area contributed by atoms with Crippen LogP contribution in [0.15, 0.2) is 45.8 Å². The van der Waals surface area contributed by atoms with Gasteiger partial charge >= 0.3 is 0 Å². The molecule has 2 rings (SSSR count). The van der Waals surface area contributed by atoms with Gasteiger partial charge in [-0.05, 0) is 36.6 Å². The molecule has 0 spiro atoms. The van der Waals surface area contributed by atoms with E-state index in [0.29, 0.717) is 35.1 Å². The molecule has 0 aliphatic heterocycles. The summed E-state index contributed by atoms with van der Waals surface area (Å²) in [6, 6.07) is 8.48. The van der Waals surface area contributed by atoms with E-state index in [9.17, 15) is 22.9 Å². The van der Waals surface area contributed by atoms with E-state index >= 15 is 0 Å². The fourth-order valence-electron chi connectivity index (χ4n) is 2.30. The highest BCUT2D eigenvalue weighted by Crippen LogP contribution is 2.26. The molecule has 0 aliphatic carbocycles. The van der Waals surface area contributed by atoms with Crippen LogP contribution < -0.4 is 5.32 Å². The van der Waals surface area contributed by atoms with Gasteiger partial charge in [-0.15, -0.1) is 0 Å². The summed E-state index contributed by atoms with van der Waals surface area (Å²) < 4.78 is 38.1. The third kappa shape index (κ3) is 5.23. The lowest BCUT2D eigenvalue weighted by molar-refractivity contribution is -0.385. The second-order valence-electron chi connectivity index (χ2n) is 5.48. The van der Waals surface area contributed by atoms with Gasteiger partial charge in [0.15, 0.2) is 9.84 Å². The van der Waals surface area contributed by atoms with Crippen molar-refractivity contribution in [1.29, 1.82) is 0 Å². The van der Waals surface area contributed by atoms with Gasteiger partial charge in [-0.1, -0.05) is 22.0 Å². The van der Waals surface area contributed by atoms with Crippen molar-refractivity contribution in [2.24, 2.45) is 0 Å². The van der Waals surface area contributed by atoms with Crippen LogP contribution in [0.1, 0.15) is 12.0 Å². The van der Waals surface area contributed by atoms with Gasteiger partial charge in [-0.2, -0.15) is 0 Å². The number of benzene rings is 2. The first-order valence-corrected chi connectivity index (χ1v) is 10.0. The van der Waals surface area contributed by atoms with E-state index in [1.807, 2.05) is 0 Å². The van der Waals surface area contributed by atoms with E-state index in [0.717, 1.165) is 12.3 Å². The van der Waals surface area contributed by atoms with Gasteiger partial charge in [-0.3, -0.25) is 10.1 Å². The highest BCUT2D eigenvalue weighted by Gasteiger charge is 2.18. The maximum atomic E-state index is 13.7. The lowest BCUT2D eigenvalue weighted by Crippen LogP contribution is -2.09. The first kappa shape index (κ1) is 19.3. The molecule has 2 aromatic rings. The molecular weight excluding hydrogens is 415 g/mol. The Bertz CT molecular complexity index is 903. The number of aryl methyl sites for hydroxylation is 1. The number of nitrogens with one attached hydrogen (secondary N) is 1. The predicted octanol–water partition coefficient (Wildman–Crippen LogP) is 3.94. The molecule has 0 aliphatic rings. The molecular formula is C16H16BrFN2O4S. The Morgan fingerprint density at radius 2 is 1.96 bits per heavy atom. The lowest BCUT2D eigenvalue weighted by atomic mass is 10.1. The number of nitrogens with zero attached hydrogens (tertiary/aromatic N) is 1. The Hall–Kier alpha value is -2.00. The summed E-state index contributed by atoms with van der Waals surface area (Å²) in [5, 5.41) is 13.8. The van der Waals surface area contributed by atoms with Crippen molar-refractivity contribution in [3.05, 3.63) is 62.4 Å². The zero-order valence-electron chi connectivity index (χ0n) is 13.3. The van der Waals surface area contributed by atoms with Crippen LogP contribution in [0.5, 0.6) is 0 Å². The second-order valence-corrected chi connectivity index (χ2v) is 8.38. The van der Waals surface area contributed by atoms with Crippen molar-refractivity contribution < 1.29 is 17.7 Å². The zero-order chi connectivity index (χ0) is 18.6. The normalized spacial score (nSPS) is 11.3. The average Bonchev–Trinajstić information content (AvgIpc) is 2.52. The van der Waals surface area contributed by atoms with Gasteiger partial charge in [0.25, 0.3) is 5.69 Å². The molecule has 6 nitrogen and oxygen atoms in total. The van der Waals surface area contributed by atoms with Crippen LogP contribution in [-0.2, 0) is 16.3 Å². The highest BCUT2D eigenvalue weighted by molar-refractivity contribution is 9.10. The van der Waals surface area contributed by atoms with Crippen LogP contribution in [0.3, 0.4) is 0 Å². The number of anilines is 1. The molecule has 0 bridgehead atoms. The number of hydrogen-bond donors (Lipinski definition) is 1. The Kier molecular flexibility index (Phi) is 6.12. The third-order valence-corrected chi connectivity index (χ3v) is 5.16. The summed E-state index contributed by atoms with van der Waals surface area (Å²) in [7, 11) is -3.62. The first-order chi connectivity index (χ1) is 11.7. The molecule has 0 atom stereocenters. The van der Waals surface area contributed by atoms with Crippen LogP contribution in [0, 0.1) is 15.9 Å². The maximum absolute atomic E-state index is 13.7. The molecule has 0 saturated carbocycles. The largest absolute Gasteiger partial charge is 0.384 e. The van der Waals surface area contributed by atoms with Crippen LogP contribution in [0.4, 0.5) is 15.8 Å². The smallest absolute Gasteiger partial charge is 0.270 e. The molecule has 25 heavy (non-hydrogen) atoms. The summed E-state index contributed by atoms with van der Waals surface area (Å²) in [4.78, 5) is 10.0. The van der Waals surface area contributed by atoms with E-state index in [2.05, 4.69) is 21.2 Å². The number of nitro benzene ring substituents is 1. The predicted molar refractivity (Wildman–Crippen MR) is 97.1 cm³/mol. The minimum Gasteiger partial charge on any atom is -0.384 e. The Labute approximate surface area is 153 Å². The van der Waals surface area contributed by atoms with E-state index in [-0.39, 0.29) is 16.4 Å². The molecule has 0 heterocycles. The van der Waals surface area contributed by atoms with Crippen LogP contribution in [0.2, 0.25) is 0 Å². The Morgan fingerprint density at radius 3 is 2.56 bits per heavy atom. The van der Waals surface area contributed by atoms with Gasteiger partial charge in [0.2, 0.25) is 0 Å². The average molecular weight is 431 g/mol. The van der Waals surface area contributed by atoms with E-state index < -0.39 is 14.8 Å². The van der Waals surface area contributed by atoms with Gasteiger partial charge in [0, 0.05) is 29.4 Å². The monoisotopic (exact) mass is 430 g/mol. The molecule has 0 aromatic heterocycles. The van der Waals surface area contributed by atoms with E-state index in [1.165, 1.54) is 18.2 Å². The van der Waals surface area contributed by atoms with Crippen molar-refractivity contribution >= 4 is 37.1 Å². The van der Waals surface area contributed by atoms with Crippen molar-refractivity contribution in [3.8, 4) is 0 Å². The summed E-state index contributed by atoms with van der Waals surface area (Å²) in [6.45, 7) is 0.399. The molecule has 1 N–H and O–H groups in total. The highest BCUT2D eigenvalue weighted by atomic mass is 79.9.